The molecular weight excluding hydrogens is 337 g/mol. The molecular formula is C16H17ClFN3OS. The molecule has 0 bridgehead atoms. The number of thiazole rings is 1. The highest BCUT2D eigenvalue weighted by Gasteiger charge is 2.21. The van der Waals surface area contributed by atoms with Gasteiger partial charge in [-0.2, -0.15) is 0 Å². The molecule has 7 heteroatoms. The van der Waals surface area contributed by atoms with Gasteiger partial charge in [-0.3, -0.25) is 9.69 Å². The van der Waals surface area contributed by atoms with Crippen LogP contribution < -0.4 is 0 Å². The Morgan fingerprint density at radius 3 is 2.91 bits per heavy atom. The number of aromatic nitrogens is 1. The molecule has 1 aliphatic heterocycles. The van der Waals surface area contributed by atoms with Gasteiger partial charge in [-0.25, -0.2) is 9.37 Å². The zero-order valence-corrected chi connectivity index (χ0v) is 14.1. The molecule has 0 unspecified atom stereocenters. The molecule has 0 spiro atoms. The Morgan fingerprint density at radius 2 is 2.17 bits per heavy atom. The van der Waals surface area contributed by atoms with E-state index in [4.69, 9.17) is 11.6 Å². The van der Waals surface area contributed by atoms with Crippen LogP contribution in [0, 0.1) is 5.82 Å². The fourth-order valence-corrected chi connectivity index (χ4v) is 3.46. The summed E-state index contributed by atoms with van der Waals surface area (Å²) in [4.78, 5) is 20.5. The SMILES string of the molecule is O=C(c1cscn1)N1CCCN(Cc2ccc(F)cc2Cl)CC1. The second-order valence-electron chi connectivity index (χ2n) is 5.53. The number of halogens is 2. The Balaban J connectivity index is 1.61. The van der Waals surface area contributed by atoms with E-state index in [1.165, 1.54) is 23.5 Å². The Bertz CT molecular complexity index is 680. The smallest absolute Gasteiger partial charge is 0.273 e. The Morgan fingerprint density at radius 1 is 1.30 bits per heavy atom. The molecule has 0 radical (unpaired) electrons. The summed E-state index contributed by atoms with van der Waals surface area (Å²) in [5, 5.41) is 2.23. The molecule has 1 amide bonds. The Kier molecular flexibility index (Phi) is 5.25. The van der Waals surface area contributed by atoms with Crippen LogP contribution in [-0.4, -0.2) is 46.9 Å². The standard InChI is InChI=1S/C16H17ClFN3OS/c17-14-8-13(18)3-2-12(14)9-20-4-1-5-21(7-6-20)16(22)15-10-23-11-19-15/h2-3,8,10-11H,1,4-7,9H2. The Hall–Kier alpha value is -1.50. The van der Waals surface area contributed by atoms with Crippen molar-refractivity contribution in [1.29, 1.82) is 0 Å². The van der Waals surface area contributed by atoms with Gasteiger partial charge in [-0.1, -0.05) is 17.7 Å². The van der Waals surface area contributed by atoms with Gasteiger partial charge in [0.2, 0.25) is 0 Å². The molecule has 3 rings (SSSR count). The summed E-state index contributed by atoms with van der Waals surface area (Å²) in [7, 11) is 0. The number of amides is 1. The predicted octanol–water partition coefficient (Wildman–Crippen LogP) is 3.28. The first-order chi connectivity index (χ1) is 11.1. The number of rotatable bonds is 3. The molecule has 122 valence electrons. The Labute approximate surface area is 143 Å². The molecule has 1 aliphatic rings. The van der Waals surface area contributed by atoms with Crippen molar-refractivity contribution in [2.75, 3.05) is 26.2 Å². The van der Waals surface area contributed by atoms with E-state index in [1.807, 2.05) is 4.90 Å². The third-order valence-corrected chi connectivity index (χ3v) is 4.87. The summed E-state index contributed by atoms with van der Waals surface area (Å²) in [6, 6.07) is 4.49. The third-order valence-electron chi connectivity index (χ3n) is 3.94. The maximum Gasteiger partial charge on any atom is 0.273 e. The zero-order chi connectivity index (χ0) is 16.2. The first kappa shape index (κ1) is 16.4. The lowest BCUT2D eigenvalue weighted by Crippen LogP contribution is -2.35. The van der Waals surface area contributed by atoms with E-state index in [0.717, 1.165) is 31.6 Å². The molecule has 2 aromatic rings. The van der Waals surface area contributed by atoms with E-state index in [0.29, 0.717) is 23.8 Å². The lowest BCUT2D eigenvalue weighted by molar-refractivity contribution is 0.0756. The van der Waals surface area contributed by atoms with Crippen LogP contribution in [0.3, 0.4) is 0 Å². The average Bonchev–Trinajstić information content (AvgIpc) is 2.96. The van der Waals surface area contributed by atoms with Crippen LogP contribution in [0.4, 0.5) is 4.39 Å². The molecule has 1 saturated heterocycles. The molecule has 1 aromatic carbocycles. The van der Waals surface area contributed by atoms with Gasteiger partial charge in [0, 0.05) is 43.1 Å². The molecule has 23 heavy (non-hydrogen) atoms. The predicted molar refractivity (Wildman–Crippen MR) is 89.3 cm³/mol. The van der Waals surface area contributed by atoms with Crippen molar-refractivity contribution in [2.45, 2.75) is 13.0 Å². The van der Waals surface area contributed by atoms with Crippen molar-refractivity contribution in [3.63, 3.8) is 0 Å². The fraction of sp³-hybridized carbons (Fsp3) is 0.375. The van der Waals surface area contributed by atoms with Crippen LogP contribution in [0.2, 0.25) is 5.02 Å². The summed E-state index contributed by atoms with van der Waals surface area (Å²) in [5.41, 5.74) is 3.10. The number of carbonyl (C=O) groups is 1. The fourth-order valence-electron chi connectivity index (χ4n) is 2.70. The van der Waals surface area contributed by atoms with Crippen LogP contribution in [0.5, 0.6) is 0 Å². The van der Waals surface area contributed by atoms with Gasteiger partial charge in [0.05, 0.1) is 5.51 Å². The quantitative estimate of drug-likeness (QED) is 0.849. The van der Waals surface area contributed by atoms with E-state index < -0.39 is 0 Å². The highest BCUT2D eigenvalue weighted by atomic mass is 35.5. The van der Waals surface area contributed by atoms with E-state index in [-0.39, 0.29) is 11.7 Å². The minimum absolute atomic E-state index is 0.00656. The number of nitrogens with zero attached hydrogens (tertiary/aromatic N) is 3. The third kappa shape index (κ3) is 4.07. The summed E-state index contributed by atoms with van der Waals surface area (Å²) in [6.45, 7) is 3.70. The molecule has 0 aliphatic carbocycles. The second kappa shape index (κ2) is 7.38. The summed E-state index contributed by atoms with van der Waals surface area (Å²) in [5.74, 6) is -0.331. The molecule has 0 saturated carbocycles. The number of carbonyl (C=O) groups excluding carboxylic acids is 1. The minimum atomic E-state index is -0.324. The second-order valence-corrected chi connectivity index (χ2v) is 6.66. The van der Waals surface area contributed by atoms with Crippen LogP contribution in [0.15, 0.2) is 29.1 Å². The van der Waals surface area contributed by atoms with E-state index >= 15 is 0 Å². The number of hydrogen-bond acceptors (Lipinski definition) is 4. The minimum Gasteiger partial charge on any atom is -0.336 e. The number of hydrogen-bond donors (Lipinski definition) is 0. The molecule has 1 aromatic heterocycles. The van der Waals surface area contributed by atoms with Crippen LogP contribution >= 0.6 is 22.9 Å². The molecule has 4 nitrogen and oxygen atoms in total. The van der Waals surface area contributed by atoms with Gasteiger partial charge in [-0.15, -0.1) is 11.3 Å². The highest BCUT2D eigenvalue weighted by Crippen LogP contribution is 2.20. The van der Waals surface area contributed by atoms with Gasteiger partial charge < -0.3 is 4.90 Å². The first-order valence-electron chi connectivity index (χ1n) is 7.47. The van der Waals surface area contributed by atoms with E-state index in [9.17, 15) is 9.18 Å². The lowest BCUT2D eigenvalue weighted by atomic mass is 10.2. The molecule has 0 atom stereocenters. The van der Waals surface area contributed by atoms with Crippen LogP contribution in [0.25, 0.3) is 0 Å². The average molecular weight is 354 g/mol. The highest BCUT2D eigenvalue weighted by molar-refractivity contribution is 7.07. The number of benzene rings is 1. The van der Waals surface area contributed by atoms with Gasteiger partial charge in [0.25, 0.3) is 5.91 Å². The van der Waals surface area contributed by atoms with Gasteiger partial charge in [0.15, 0.2) is 0 Å². The van der Waals surface area contributed by atoms with Crippen molar-refractivity contribution in [3.05, 3.63) is 51.2 Å². The molecule has 0 N–H and O–H groups in total. The van der Waals surface area contributed by atoms with Gasteiger partial charge in [0.1, 0.15) is 11.5 Å². The van der Waals surface area contributed by atoms with Crippen molar-refractivity contribution < 1.29 is 9.18 Å². The van der Waals surface area contributed by atoms with Gasteiger partial charge >= 0.3 is 0 Å². The summed E-state index contributed by atoms with van der Waals surface area (Å²) < 4.78 is 13.1. The monoisotopic (exact) mass is 353 g/mol. The van der Waals surface area contributed by atoms with Crippen LogP contribution in [0.1, 0.15) is 22.5 Å². The molecule has 2 heterocycles. The van der Waals surface area contributed by atoms with Crippen molar-refractivity contribution >= 4 is 28.8 Å². The van der Waals surface area contributed by atoms with E-state index in [2.05, 4.69) is 9.88 Å². The topological polar surface area (TPSA) is 36.4 Å². The lowest BCUT2D eigenvalue weighted by Gasteiger charge is -2.22. The maximum atomic E-state index is 13.1. The van der Waals surface area contributed by atoms with Gasteiger partial charge in [-0.05, 0) is 24.1 Å². The normalized spacial score (nSPS) is 16.3. The van der Waals surface area contributed by atoms with E-state index in [1.54, 1.807) is 17.0 Å². The van der Waals surface area contributed by atoms with Crippen LogP contribution in [-0.2, 0) is 6.54 Å². The van der Waals surface area contributed by atoms with Crippen molar-refractivity contribution in [2.24, 2.45) is 0 Å². The maximum absolute atomic E-state index is 13.1. The van der Waals surface area contributed by atoms with Crippen molar-refractivity contribution in [3.8, 4) is 0 Å². The summed E-state index contributed by atoms with van der Waals surface area (Å²) >= 11 is 7.53. The first-order valence-corrected chi connectivity index (χ1v) is 8.79. The summed E-state index contributed by atoms with van der Waals surface area (Å²) in [6.07, 6.45) is 0.898. The van der Waals surface area contributed by atoms with Crippen molar-refractivity contribution in [1.82, 2.24) is 14.8 Å². The molecule has 1 fully saturated rings. The largest absolute Gasteiger partial charge is 0.336 e. The zero-order valence-electron chi connectivity index (χ0n) is 12.5.